The summed E-state index contributed by atoms with van der Waals surface area (Å²) >= 11 is 11.9. The van der Waals surface area contributed by atoms with Crippen LogP contribution in [-0.4, -0.2) is 4.98 Å². The van der Waals surface area contributed by atoms with Gasteiger partial charge in [-0.05, 0) is 42.8 Å². The van der Waals surface area contributed by atoms with Crippen molar-refractivity contribution in [1.29, 1.82) is 0 Å². The molecule has 0 aliphatic rings. The van der Waals surface area contributed by atoms with Crippen LogP contribution >= 0.6 is 23.2 Å². The highest BCUT2D eigenvalue weighted by Gasteiger charge is 2.12. The van der Waals surface area contributed by atoms with Crippen LogP contribution in [0.1, 0.15) is 5.56 Å². The Balaban J connectivity index is 2.20. The number of aryl methyl sites for hydroxylation is 1. The number of hydrogen-bond acceptors (Lipinski definition) is 3. The molecule has 3 rings (SSSR count). The van der Waals surface area contributed by atoms with E-state index in [4.69, 9.17) is 33.4 Å². The van der Waals surface area contributed by atoms with Crippen LogP contribution < -0.4 is 5.73 Å². The molecule has 3 nitrogen and oxygen atoms in total. The van der Waals surface area contributed by atoms with Crippen molar-refractivity contribution in [2.45, 2.75) is 6.92 Å². The minimum absolute atomic E-state index is 0.496. The van der Waals surface area contributed by atoms with Gasteiger partial charge >= 0.3 is 0 Å². The van der Waals surface area contributed by atoms with Crippen molar-refractivity contribution in [3.63, 3.8) is 0 Å². The van der Waals surface area contributed by atoms with Crippen LogP contribution in [-0.2, 0) is 0 Å². The van der Waals surface area contributed by atoms with Gasteiger partial charge in [0.15, 0.2) is 5.58 Å². The summed E-state index contributed by atoms with van der Waals surface area (Å²) in [7, 11) is 0. The molecule has 5 heteroatoms. The van der Waals surface area contributed by atoms with E-state index < -0.39 is 0 Å². The lowest BCUT2D eigenvalue weighted by atomic mass is 10.2. The van der Waals surface area contributed by atoms with E-state index in [1.807, 2.05) is 19.1 Å². The van der Waals surface area contributed by atoms with Gasteiger partial charge in [0.25, 0.3) is 0 Å². The van der Waals surface area contributed by atoms with Crippen molar-refractivity contribution in [3.05, 3.63) is 45.9 Å². The van der Waals surface area contributed by atoms with E-state index in [0.717, 1.165) is 22.2 Å². The van der Waals surface area contributed by atoms with Crippen molar-refractivity contribution in [2.24, 2.45) is 0 Å². The number of nitrogens with zero attached hydrogens (tertiary/aromatic N) is 1. The molecule has 0 saturated carbocycles. The van der Waals surface area contributed by atoms with E-state index >= 15 is 0 Å². The predicted octanol–water partition coefficient (Wildman–Crippen LogP) is 4.69. The Morgan fingerprint density at radius 3 is 2.68 bits per heavy atom. The molecule has 96 valence electrons. The Labute approximate surface area is 119 Å². The van der Waals surface area contributed by atoms with Crippen molar-refractivity contribution < 1.29 is 4.42 Å². The Morgan fingerprint density at radius 2 is 1.95 bits per heavy atom. The topological polar surface area (TPSA) is 52.0 Å². The minimum atomic E-state index is 0.496. The third-order valence-corrected chi connectivity index (χ3v) is 3.45. The number of aromatic nitrogens is 1. The normalized spacial score (nSPS) is 11.1. The largest absolute Gasteiger partial charge is 0.436 e. The molecule has 0 spiro atoms. The van der Waals surface area contributed by atoms with Crippen molar-refractivity contribution >= 4 is 40.0 Å². The van der Waals surface area contributed by atoms with Crippen molar-refractivity contribution in [2.75, 3.05) is 5.73 Å². The lowest BCUT2D eigenvalue weighted by Gasteiger charge is -1.99. The van der Waals surface area contributed by atoms with Gasteiger partial charge in [0.05, 0.1) is 10.7 Å². The maximum atomic E-state index is 6.01. The Hall–Kier alpha value is -1.71. The standard InChI is InChI=1S/C14H10Cl2N2O/c1-7-4-9(15)6-12-13(7)19-14(18-12)8-2-3-10(16)11(17)5-8/h2-6H,17H2,1H3. The number of nitrogens with two attached hydrogens (primary N) is 1. The van der Waals surface area contributed by atoms with E-state index in [1.165, 1.54) is 0 Å². The monoisotopic (exact) mass is 292 g/mol. The molecule has 0 fully saturated rings. The van der Waals surface area contributed by atoms with Gasteiger partial charge in [0.1, 0.15) is 5.52 Å². The van der Waals surface area contributed by atoms with Crippen LogP contribution in [0.2, 0.25) is 10.0 Å². The second kappa shape index (κ2) is 4.44. The second-order valence-electron chi connectivity index (χ2n) is 4.33. The predicted molar refractivity (Wildman–Crippen MR) is 78.6 cm³/mol. The summed E-state index contributed by atoms with van der Waals surface area (Å²) in [4.78, 5) is 4.43. The lowest BCUT2D eigenvalue weighted by molar-refractivity contribution is 0.617. The van der Waals surface area contributed by atoms with Crippen LogP contribution in [0.4, 0.5) is 5.69 Å². The number of anilines is 1. The molecular formula is C14H10Cl2N2O. The van der Waals surface area contributed by atoms with Gasteiger partial charge in [-0.3, -0.25) is 0 Å². The maximum absolute atomic E-state index is 6.01. The Morgan fingerprint density at radius 1 is 1.16 bits per heavy atom. The third kappa shape index (κ3) is 2.15. The summed E-state index contributed by atoms with van der Waals surface area (Å²) in [6.45, 7) is 1.93. The number of halogens is 2. The molecule has 0 bridgehead atoms. The molecule has 0 amide bonds. The first-order valence-electron chi connectivity index (χ1n) is 5.66. The molecule has 2 aromatic carbocycles. The molecular weight excluding hydrogens is 283 g/mol. The number of benzene rings is 2. The summed E-state index contributed by atoms with van der Waals surface area (Å²) in [5, 5.41) is 1.15. The fraction of sp³-hybridized carbons (Fsp3) is 0.0714. The number of fused-ring (bicyclic) bond motifs is 1. The molecule has 0 aliphatic heterocycles. The van der Waals surface area contributed by atoms with Crippen LogP contribution in [0, 0.1) is 6.92 Å². The van der Waals surface area contributed by atoms with Gasteiger partial charge in [-0.15, -0.1) is 0 Å². The fourth-order valence-electron chi connectivity index (χ4n) is 1.96. The third-order valence-electron chi connectivity index (χ3n) is 2.88. The summed E-state index contributed by atoms with van der Waals surface area (Å²) < 4.78 is 5.77. The first-order valence-corrected chi connectivity index (χ1v) is 6.42. The SMILES string of the molecule is Cc1cc(Cl)cc2nc(-c3ccc(Cl)c(N)c3)oc12. The average Bonchev–Trinajstić information content (AvgIpc) is 2.76. The first-order chi connectivity index (χ1) is 9.04. The van der Waals surface area contributed by atoms with Crippen molar-refractivity contribution in [1.82, 2.24) is 4.98 Å². The number of nitrogen functional groups attached to an aromatic ring is 1. The molecule has 19 heavy (non-hydrogen) atoms. The number of rotatable bonds is 1. The van der Waals surface area contributed by atoms with Gasteiger partial charge in [0.2, 0.25) is 5.89 Å². The molecule has 3 aromatic rings. The van der Waals surface area contributed by atoms with E-state index in [9.17, 15) is 0 Å². The highest BCUT2D eigenvalue weighted by Crippen LogP contribution is 2.31. The molecule has 0 radical (unpaired) electrons. The fourth-order valence-corrected chi connectivity index (χ4v) is 2.34. The van der Waals surface area contributed by atoms with Gasteiger partial charge in [-0.25, -0.2) is 4.98 Å². The van der Waals surface area contributed by atoms with Gasteiger partial charge in [0, 0.05) is 10.6 Å². The van der Waals surface area contributed by atoms with Crippen molar-refractivity contribution in [3.8, 4) is 11.5 Å². The highest BCUT2D eigenvalue weighted by molar-refractivity contribution is 6.33. The van der Waals surface area contributed by atoms with E-state index in [-0.39, 0.29) is 0 Å². The molecule has 0 atom stereocenters. The molecule has 0 saturated heterocycles. The zero-order valence-corrected chi connectivity index (χ0v) is 11.6. The van der Waals surface area contributed by atoms with Crippen LogP contribution in [0.15, 0.2) is 34.7 Å². The first kappa shape index (κ1) is 12.3. The molecule has 0 aliphatic carbocycles. The van der Waals surface area contributed by atoms with Crippen LogP contribution in [0.25, 0.3) is 22.6 Å². The second-order valence-corrected chi connectivity index (χ2v) is 5.17. The van der Waals surface area contributed by atoms with Gasteiger partial charge < -0.3 is 10.2 Å². The van der Waals surface area contributed by atoms with E-state index in [1.54, 1.807) is 18.2 Å². The minimum Gasteiger partial charge on any atom is -0.436 e. The quantitative estimate of drug-likeness (QED) is 0.662. The van der Waals surface area contributed by atoms with Crippen LogP contribution in [0.3, 0.4) is 0 Å². The summed E-state index contributed by atoms with van der Waals surface area (Å²) in [5.74, 6) is 0.503. The smallest absolute Gasteiger partial charge is 0.227 e. The van der Waals surface area contributed by atoms with Crippen LogP contribution in [0.5, 0.6) is 0 Å². The Bertz CT molecular complexity index is 780. The van der Waals surface area contributed by atoms with Gasteiger partial charge in [-0.1, -0.05) is 23.2 Å². The maximum Gasteiger partial charge on any atom is 0.227 e. The van der Waals surface area contributed by atoms with E-state index in [2.05, 4.69) is 4.98 Å². The zero-order chi connectivity index (χ0) is 13.6. The summed E-state index contributed by atoms with van der Waals surface area (Å²) in [5.41, 5.74) is 9.47. The average molecular weight is 293 g/mol. The van der Waals surface area contributed by atoms with E-state index in [0.29, 0.717) is 21.6 Å². The number of hydrogen-bond donors (Lipinski definition) is 1. The molecule has 1 heterocycles. The lowest BCUT2D eigenvalue weighted by Crippen LogP contribution is -1.87. The number of oxazole rings is 1. The molecule has 1 aromatic heterocycles. The zero-order valence-electron chi connectivity index (χ0n) is 10.1. The Kier molecular flexibility index (Phi) is 2.88. The van der Waals surface area contributed by atoms with Gasteiger partial charge in [-0.2, -0.15) is 0 Å². The summed E-state index contributed by atoms with van der Waals surface area (Å²) in [6.07, 6.45) is 0. The summed E-state index contributed by atoms with van der Waals surface area (Å²) in [6, 6.07) is 8.90. The molecule has 0 unspecified atom stereocenters. The molecule has 2 N–H and O–H groups in total. The highest BCUT2D eigenvalue weighted by atomic mass is 35.5.